The van der Waals surface area contributed by atoms with Crippen LogP contribution in [-0.4, -0.2) is 31.3 Å². The molecule has 1 N–H and O–H groups in total. The van der Waals surface area contributed by atoms with E-state index in [1.54, 1.807) is 4.68 Å². The molecular weight excluding hydrogens is 232 g/mol. The molecule has 1 heterocycles. The van der Waals surface area contributed by atoms with Crippen LogP contribution in [0.4, 0.5) is 0 Å². The number of rotatable bonds is 6. The monoisotopic (exact) mass is 252 g/mol. The first-order valence-electron chi connectivity index (χ1n) is 6.48. The van der Waals surface area contributed by atoms with Gasteiger partial charge in [0.2, 0.25) is 0 Å². The van der Waals surface area contributed by atoms with Crippen LogP contribution in [0.2, 0.25) is 0 Å². The van der Waals surface area contributed by atoms with Gasteiger partial charge in [-0.15, -0.1) is 5.10 Å². The normalized spacial score (nSPS) is 24.2. The van der Waals surface area contributed by atoms with E-state index in [9.17, 15) is 9.90 Å². The lowest BCUT2D eigenvalue weighted by Crippen LogP contribution is -2.23. The molecule has 6 nitrogen and oxygen atoms in total. The molecule has 0 aromatic carbocycles. The van der Waals surface area contributed by atoms with Gasteiger partial charge in [-0.3, -0.25) is 4.79 Å². The van der Waals surface area contributed by atoms with E-state index in [2.05, 4.69) is 22.4 Å². The van der Waals surface area contributed by atoms with E-state index in [4.69, 9.17) is 0 Å². The Morgan fingerprint density at radius 3 is 2.72 bits per heavy atom. The number of nitrogens with zero attached hydrogens (tertiary/aromatic N) is 4. The zero-order chi connectivity index (χ0) is 13.3. The van der Waals surface area contributed by atoms with Crippen LogP contribution in [0.3, 0.4) is 0 Å². The maximum absolute atomic E-state index is 11.2. The van der Waals surface area contributed by atoms with Gasteiger partial charge in [0.15, 0.2) is 5.82 Å². The second kappa shape index (κ2) is 5.04. The molecule has 3 atom stereocenters. The molecule has 0 radical (unpaired) electrons. The van der Waals surface area contributed by atoms with Crippen LogP contribution in [0, 0.1) is 17.8 Å². The van der Waals surface area contributed by atoms with Crippen LogP contribution >= 0.6 is 0 Å². The summed E-state index contributed by atoms with van der Waals surface area (Å²) in [5.41, 5.74) is 0. The molecule has 100 valence electrons. The highest BCUT2D eigenvalue weighted by Crippen LogP contribution is 2.45. The zero-order valence-corrected chi connectivity index (χ0v) is 11.1. The van der Waals surface area contributed by atoms with Crippen molar-refractivity contribution in [2.75, 3.05) is 0 Å². The van der Waals surface area contributed by atoms with Crippen LogP contribution < -0.4 is 0 Å². The molecule has 0 aliphatic heterocycles. The molecule has 6 heteroatoms. The molecule has 18 heavy (non-hydrogen) atoms. The Morgan fingerprint density at radius 2 is 2.22 bits per heavy atom. The third-order valence-corrected chi connectivity index (χ3v) is 3.50. The Kier molecular flexibility index (Phi) is 3.63. The van der Waals surface area contributed by atoms with E-state index in [-0.39, 0.29) is 0 Å². The summed E-state index contributed by atoms with van der Waals surface area (Å²) >= 11 is 0. The van der Waals surface area contributed by atoms with Gasteiger partial charge in [0.05, 0.1) is 12.5 Å². The first-order chi connectivity index (χ1) is 8.49. The summed E-state index contributed by atoms with van der Waals surface area (Å²) < 4.78 is 1.68. The van der Waals surface area contributed by atoms with Gasteiger partial charge in [-0.1, -0.05) is 20.8 Å². The number of hydrogen-bond acceptors (Lipinski definition) is 4. The van der Waals surface area contributed by atoms with E-state index in [1.165, 1.54) is 0 Å². The fraction of sp³-hybridized carbons (Fsp3) is 0.833. The van der Waals surface area contributed by atoms with Crippen molar-refractivity contribution in [1.82, 2.24) is 20.2 Å². The topological polar surface area (TPSA) is 80.9 Å². The van der Waals surface area contributed by atoms with Crippen molar-refractivity contribution in [1.29, 1.82) is 0 Å². The zero-order valence-electron chi connectivity index (χ0n) is 11.1. The number of carbonyl (C=O) groups is 1. The van der Waals surface area contributed by atoms with Gasteiger partial charge in [0.25, 0.3) is 0 Å². The van der Waals surface area contributed by atoms with E-state index in [1.807, 2.05) is 13.8 Å². The Balaban J connectivity index is 2.07. The standard InChI is InChI=1S/C12H20N4O2/c1-7(2)4-9(12(17)18)6-16-11(13-14-15-16)10-5-8(10)3/h7-10H,4-6H2,1-3H3,(H,17,18). The summed E-state index contributed by atoms with van der Waals surface area (Å²) in [6, 6.07) is 0. The van der Waals surface area contributed by atoms with Gasteiger partial charge in [-0.2, -0.15) is 0 Å². The first-order valence-corrected chi connectivity index (χ1v) is 6.48. The molecule has 0 amide bonds. The Hall–Kier alpha value is -1.46. The van der Waals surface area contributed by atoms with E-state index >= 15 is 0 Å². The van der Waals surface area contributed by atoms with Crippen LogP contribution in [-0.2, 0) is 11.3 Å². The van der Waals surface area contributed by atoms with Crippen LogP contribution in [0.5, 0.6) is 0 Å². The SMILES string of the molecule is CC(C)CC(Cn1nnnc1C1CC1C)C(=O)O. The van der Waals surface area contributed by atoms with E-state index < -0.39 is 11.9 Å². The molecule has 1 aromatic heterocycles. The smallest absolute Gasteiger partial charge is 0.308 e. The van der Waals surface area contributed by atoms with Gasteiger partial charge < -0.3 is 5.11 Å². The summed E-state index contributed by atoms with van der Waals surface area (Å²) in [4.78, 5) is 11.2. The van der Waals surface area contributed by atoms with Crippen molar-refractivity contribution in [2.45, 2.75) is 46.1 Å². The quantitative estimate of drug-likeness (QED) is 0.830. The van der Waals surface area contributed by atoms with E-state index in [0.29, 0.717) is 30.7 Å². The molecule has 1 saturated carbocycles. The number of aromatic nitrogens is 4. The molecular formula is C12H20N4O2. The van der Waals surface area contributed by atoms with Gasteiger partial charge in [-0.25, -0.2) is 4.68 Å². The number of tetrazole rings is 1. The summed E-state index contributed by atoms with van der Waals surface area (Å²) in [6.07, 6.45) is 1.75. The third-order valence-electron chi connectivity index (χ3n) is 3.50. The molecule has 0 bridgehead atoms. The fourth-order valence-electron chi connectivity index (χ4n) is 2.32. The summed E-state index contributed by atoms with van der Waals surface area (Å²) in [6.45, 7) is 6.59. The lowest BCUT2D eigenvalue weighted by Gasteiger charge is -2.15. The van der Waals surface area contributed by atoms with Gasteiger partial charge in [0, 0.05) is 5.92 Å². The summed E-state index contributed by atoms with van der Waals surface area (Å²) in [5, 5.41) is 20.9. The second-order valence-electron chi connectivity index (χ2n) is 5.70. The highest BCUT2D eigenvalue weighted by atomic mass is 16.4. The van der Waals surface area contributed by atoms with Crippen molar-refractivity contribution >= 4 is 5.97 Å². The predicted molar refractivity (Wildman–Crippen MR) is 64.9 cm³/mol. The average molecular weight is 252 g/mol. The molecule has 0 spiro atoms. The minimum Gasteiger partial charge on any atom is -0.481 e. The van der Waals surface area contributed by atoms with Crippen LogP contribution in [0.1, 0.15) is 45.4 Å². The van der Waals surface area contributed by atoms with E-state index in [0.717, 1.165) is 12.2 Å². The van der Waals surface area contributed by atoms with Gasteiger partial charge in [0.1, 0.15) is 0 Å². The number of aliphatic carboxylic acids is 1. The predicted octanol–water partition coefficient (Wildman–Crippen LogP) is 1.54. The molecule has 1 aliphatic rings. The minimum atomic E-state index is -0.769. The maximum atomic E-state index is 11.2. The highest BCUT2D eigenvalue weighted by molar-refractivity contribution is 5.69. The fourth-order valence-corrected chi connectivity index (χ4v) is 2.32. The molecule has 1 fully saturated rings. The second-order valence-corrected chi connectivity index (χ2v) is 5.70. The Labute approximate surface area is 106 Å². The maximum Gasteiger partial charge on any atom is 0.308 e. The van der Waals surface area contributed by atoms with Crippen LogP contribution in [0.25, 0.3) is 0 Å². The summed E-state index contributed by atoms with van der Waals surface area (Å²) in [5.74, 6) is 1.04. The van der Waals surface area contributed by atoms with Crippen molar-refractivity contribution < 1.29 is 9.90 Å². The third kappa shape index (κ3) is 2.86. The average Bonchev–Trinajstić information content (AvgIpc) is 2.82. The molecule has 3 unspecified atom stereocenters. The van der Waals surface area contributed by atoms with Gasteiger partial charge in [-0.05, 0) is 35.1 Å². The Morgan fingerprint density at radius 1 is 1.56 bits per heavy atom. The molecule has 1 aromatic rings. The Bertz CT molecular complexity index is 429. The van der Waals surface area contributed by atoms with Crippen molar-refractivity contribution in [3.63, 3.8) is 0 Å². The first kappa shape index (κ1) is 13.0. The van der Waals surface area contributed by atoms with Crippen molar-refractivity contribution in [3.05, 3.63) is 5.82 Å². The number of carboxylic acid groups (broad SMARTS) is 1. The van der Waals surface area contributed by atoms with Crippen molar-refractivity contribution in [3.8, 4) is 0 Å². The molecule has 1 aliphatic carbocycles. The lowest BCUT2D eigenvalue weighted by atomic mass is 9.97. The van der Waals surface area contributed by atoms with Crippen molar-refractivity contribution in [2.24, 2.45) is 17.8 Å². The number of carboxylic acids is 1. The summed E-state index contributed by atoms with van der Waals surface area (Å²) in [7, 11) is 0. The minimum absolute atomic E-state index is 0.353. The van der Waals surface area contributed by atoms with Crippen LogP contribution in [0.15, 0.2) is 0 Å². The largest absolute Gasteiger partial charge is 0.481 e. The van der Waals surface area contributed by atoms with Gasteiger partial charge >= 0.3 is 5.97 Å². The molecule has 2 rings (SSSR count). The molecule has 0 saturated heterocycles. The lowest BCUT2D eigenvalue weighted by molar-refractivity contribution is -0.142. The highest BCUT2D eigenvalue weighted by Gasteiger charge is 2.39. The number of hydrogen-bond donors (Lipinski definition) is 1.